The van der Waals surface area contributed by atoms with Gasteiger partial charge in [0.05, 0.1) is 6.20 Å². The zero-order valence-corrected chi connectivity index (χ0v) is 13.3. The zero-order chi connectivity index (χ0) is 15.2. The average Bonchev–Trinajstić information content (AvgIpc) is 2.44. The van der Waals surface area contributed by atoms with E-state index in [-0.39, 0.29) is 0 Å². The molecule has 0 radical (unpaired) electrons. The molecule has 112 valence electrons. The lowest BCUT2D eigenvalue weighted by atomic mass is 10.2. The number of ether oxygens (including phenoxy) is 1. The van der Waals surface area contributed by atoms with Crippen LogP contribution in [0.4, 0.5) is 0 Å². The van der Waals surface area contributed by atoms with Crippen LogP contribution in [0.3, 0.4) is 0 Å². The van der Waals surface area contributed by atoms with E-state index in [1.54, 1.807) is 12.4 Å². The van der Waals surface area contributed by atoms with E-state index in [1.807, 2.05) is 25.1 Å². The molecule has 0 amide bonds. The predicted octanol–water partition coefficient (Wildman–Crippen LogP) is 3.98. The Morgan fingerprint density at radius 1 is 1.24 bits per heavy atom. The highest BCUT2D eigenvalue weighted by molar-refractivity contribution is 6.31. The maximum absolute atomic E-state index is 6.22. The fraction of sp³-hybridized carbons (Fsp3) is 0.375. The van der Waals surface area contributed by atoms with Gasteiger partial charge in [-0.25, -0.2) is 4.98 Å². The van der Waals surface area contributed by atoms with Gasteiger partial charge < -0.3 is 10.1 Å². The van der Waals surface area contributed by atoms with E-state index in [2.05, 4.69) is 29.1 Å². The van der Waals surface area contributed by atoms with E-state index in [9.17, 15) is 0 Å². The molecule has 0 fully saturated rings. The first-order valence-electron chi connectivity index (χ1n) is 7.00. The summed E-state index contributed by atoms with van der Waals surface area (Å²) in [6.45, 7) is 7.98. The molecule has 0 aliphatic heterocycles. The summed E-state index contributed by atoms with van der Waals surface area (Å²) in [5.74, 6) is 1.64. The van der Waals surface area contributed by atoms with E-state index in [4.69, 9.17) is 16.3 Å². The van der Waals surface area contributed by atoms with Crippen molar-refractivity contribution in [3.05, 3.63) is 46.9 Å². The van der Waals surface area contributed by atoms with Gasteiger partial charge in [-0.1, -0.05) is 25.4 Å². The van der Waals surface area contributed by atoms with Gasteiger partial charge in [0.2, 0.25) is 5.88 Å². The lowest BCUT2D eigenvalue weighted by molar-refractivity contribution is 0.460. The lowest BCUT2D eigenvalue weighted by Gasteiger charge is -2.10. The highest BCUT2D eigenvalue weighted by atomic mass is 35.5. The summed E-state index contributed by atoms with van der Waals surface area (Å²) in [6, 6.07) is 5.60. The third-order valence-corrected chi connectivity index (χ3v) is 3.12. The molecule has 0 saturated heterocycles. The molecule has 0 unspecified atom stereocenters. The Bertz CT molecular complexity index is 585. The molecule has 2 rings (SSSR count). The first kappa shape index (κ1) is 15.7. The maximum atomic E-state index is 6.22. The largest absolute Gasteiger partial charge is 0.436 e. The monoisotopic (exact) mass is 305 g/mol. The standard InChI is InChI=1S/C16H20ClN3O/c1-11(2)7-18-8-13-6-15(17)16(20-9-13)21-14-5-4-12(3)19-10-14/h4-6,9-11,18H,7-8H2,1-3H3. The molecule has 2 aromatic rings. The smallest absolute Gasteiger partial charge is 0.238 e. The Hall–Kier alpha value is -1.65. The second-order valence-corrected chi connectivity index (χ2v) is 5.80. The normalized spacial score (nSPS) is 10.9. The van der Waals surface area contributed by atoms with Gasteiger partial charge in [-0.3, -0.25) is 4.98 Å². The van der Waals surface area contributed by atoms with Crippen molar-refractivity contribution in [3.8, 4) is 11.6 Å². The lowest BCUT2D eigenvalue weighted by Crippen LogP contribution is -2.19. The van der Waals surface area contributed by atoms with Crippen LogP contribution in [-0.2, 0) is 6.54 Å². The van der Waals surface area contributed by atoms with Gasteiger partial charge in [-0.05, 0) is 43.1 Å². The number of halogens is 1. The minimum absolute atomic E-state index is 0.398. The number of hydrogen-bond donors (Lipinski definition) is 1. The van der Waals surface area contributed by atoms with Crippen LogP contribution in [0.5, 0.6) is 11.6 Å². The molecule has 0 bridgehead atoms. The van der Waals surface area contributed by atoms with Crippen molar-refractivity contribution in [1.29, 1.82) is 0 Å². The van der Waals surface area contributed by atoms with Crippen LogP contribution >= 0.6 is 11.6 Å². The summed E-state index contributed by atoms with van der Waals surface area (Å²) in [5.41, 5.74) is 1.98. The molecule has 4 nitrogen and oxygen atoms in total. The summed E-state index contributed by atoms with van der Waals surface area (Å²) >= 11 is 6.22. The molecular weight excluding hydrogens is 286 g/mol. The number of aryl methyl sites for hydroxylation is 1. The molecular formula is C16H20ClN3O. The molecule has 2 aromatic heterocycles. The van der Waals surface area contributed by atoms with E-state index in [1.165, 1.54) is 0 Å². The van der Waals surface area contributed by atoms with Gasteiger partial charge in [0.1, 0.15) is 10.8 Å². The molecule has 0 aromatic carbocycles. The first-order valence-corrected chi connectivity index (χ1v) is 7.38. The summed E-state index contributed by atoms with van der Waals surface area (Å²) in [7, 11) is 0. The second-order valence-electron chi connectivity index (χ2n) is 5.39. The number of aromatic nitrogens is 2. The topological polar surface area (TPSA) is 47.0 Å². The van der Waals surface area contributed by atoms with Crippen molar-refractivity contribution >= 4 is 11.6 Å². The molecule has 21 heavy (non-hydrogen) atoms. The molecule has 0 atom stereocenters. The Kier molecular flexibility index (Phi) is 5.53. The van der Waals surface area contributed by atoms with Crippen LogP contribution in [-0.4, -0.2) is 16.5 Å². The molecule has 0 spiro atoms. The van der Waals surface area contributed by atoms with Crippen molar-refractivity contribution in [2.24, 2.45) is 5.92 Å². The van der Waals surface area contributed by atoms with Gasteiger partial charge in [0.15, 0.2) is 0 Å². The van der Waals surface area contributed by atoms with Gasteiger partial charge in [-0.15, -0.1) is 0 Å². The third-order valence-electron chi connectivity index (χ3n) is 2.84. The number of nitrogens with one attached hydrogen (secondary N) is 1. The molecule has 1 N–H and O–H groups in total. The minimum atomic E-state index is 0.398. The number of hydrogen-bond acceptors (Lipinski definition) is 4. The van der Waals surface area contributed by atoms with Crippen molar-refractivity contribution in [1.82, 2.24) is 15.3 Å². The highest BCUT2D eigenvalue weighted by Crippen LogP contribution is 2.27. The summed E-state index contributed by atoms with van der Waals surface area (Å²) in [5, 5.41) is 3.85. The van der Waals surface area contributed by atoms with E-state index in [0.717, 1.165) is 24.3 Å². The van der Waals surface area contributed by atoms with Gasteiger partial charge in [0, 0.05) is 18.4 Å². The zero-order valence-electron chi connectivity index (χ0n) is 12.6. The predicted molar refractivity (Wildman–Crippen MR) is 84.8 cm³/mol. The number of rotatable bonds is 6. The fourth-order valence-corrected chi connectivity index (χ4v) is 2.00. The Morgan fingerprint density at radius 3 is 2.67 bits per heavy atom. The van der Waals surface area contributed by atoms with E-state index in [0.29, 0.717) is 22.6 Å². The van der Waals surface area contributed by atoms with Crippen LogP contribution in [0.15, 0.2) is 30.6 Å². The summed E-state index contributed by atoms with van der Waals surface area (Å²) in [6.07, 6.45) is 3.43. The van der Waals surface area contributed by atoms with E-state index < -0.39 is 0 Å². The van der Waals surface area contributed by atoms with Crippen molar-refractivity contribution < 1.29 is 4.74 Å². The van der Waals surface area contributed by atoms with Gasteiger partial charge in [-0.2, -0.15) is 0 Å². The van der Waals surface area contributed by atoms with Crippen molar-refractivity contribution in [2.45, 2.75) is 27.3 Å². The van der Waals surface area contributed by atoms with Crippen LogP contribution in [0.1, 0.15) is 25.1 Å². The summed E-state index contributed by atoms with van der Waals surface area (Å²) < 4.78 is 5.64. The fourth-order valence-electron chi connectivity index (χ4n) is 1.77. The van der Waals surface area contributed by atoms with Crippen LogP contribution in [0.25, 0.3) is 0 Å². The third kappa shape index (κ3) is 4.99. The molecule has 5 heteroatoms. The first-order chi connectivity index (χ1) is 10.0. The SMILES string of the molecule is Cc1ccc(Oc2ncc(CNCC(C)C)cc2Cl)cn1. The molecule has 0 aliphatic rings. The van der Waals surface area contributed by atoms with Gasteiger partial charge >= 0.3 is 0 Å². The van der Waals surface area contributed by atoms with Crippen LogP contribution < -0.4 is 10.1 Å². The maximum Gasteiger partial charge on any atom is 0.238 e. The molecule has 0 aliphatic carbocycles. The molecule has 2 heterocycles. The summed E-state index contributed by atoms with van der Waals surface area (Å²) in [4.78, 5) is 8.45. The Morgan fingerprint density at radius 2 is 2.05 bits per heavy atom. The quantitative estimate of drug-likeness (QED) is 0.877. The Balaban J connectivity index is 2.00. The van der Waals surface area contributed by atoms with Crippen LogP contribution in [0.2, 0.25) is 5.02 Å². The van der Waals surface area contributed by atoms with E-state index >= 15 is 0 Å². The minimum Gasteiger partial charge on any atom is -0.436 e. The molecule has 0 saturated carbocycles. The highest BCUT2D eigenvalue weighted by Gasteiger charge is 2.07. The number of pyridine rings is 2. The van der Waals surface area contributed by atoms with Gasteiger partial charge in [0.25, 0.3) is 0 Å². The van der Waals surface area contributed by atoms with Crippen LogP contribution in [0, 0.1) is 12.8 Å². The van der Waals surface area contributed by atoms with Crippen molar-refractivity contribution in [3.63, 3.8) is 0 Å². The average molecular weight is 306 g/mol. The second kappa shape index (κ2) is 7.38. The Labute approximate surface area is 130 Å². The van der Waals surface area contributed by atoms with Crippen molar-refractivity contribution in [2.75, 3.05) is 6.54 Å². The number of nitrogens with zero attached hydrogens (tertiary/aromatic N) is 2.